The van der Waals surface area contributed by atoms with E-state index >= 15 is 0 Å². The Bertz CT molecular complexity index is 1100. The maximum Gasteiger partial charge on any atom is 0.251 e. The van der Waals surface area contributed by atoms with Crippen molar-refractivity contribution >= 4 is 27.5 Å². The number of rotatable bonds is 7. The second-order valence-electron chi connectivity index (χ2n) is 8.02. The van der Waals surface area contributed by atoms with E-state index in [9.17, 15) is 18.0 Å². The van der Waals surface area contributed by atoms with E-state index < -0.39 is 10.0 Å². The van der Waals surface area contributed by atoms with Gasteiger partial charge in [0.15, 0.2) is 0 Å². The second kappa shape index (κ2) is 9.90. The quantitative estimate of drug-likeness (QED) is 0.654. The van der Waals surface area contributed by atoms with Gasteiger partial charge in [-0.1, -0.05) is 0 Å². The first kappa shape index (κ1) is 23.2. The summed E-state index contributed by atoms with van der Waals surface area (Å²) in [4.78, 5) is 26.9. The van der Waals surface area contributed by atoms with E-state index in [1.54, 1.807) is 24.1 Å². The molecule has 0 aliphatic carbocycles. The van der Waals surface area contributed by atoms with Gasteiger partial charge in [0.25, 0.3) is 5.91 Å². The highest BCUT2D eigenvalue weighted by Crippen LogP contribution is 2.26. The Balaban J connectivity index is 1.33. The monoisotopic (exact) mass is 473 g/mol. The van der Waals surface area contributed by atoms with Crippen LogP contribution < -0.4 is 15.0 Å². The molecule has 0 radical (unpaired) electrons. The molecule has 2 aromatic carbocycles. The van der Waals surface area contributed by atoms with E-state index in [0.29, 0.717) is 51.4 Å². The number of amides is 2. The molecule has 0 saturated carbocycles. The van der Waals surface area contributed by atoms with Gasteiger partial charge in [-0.15, -0.1) is 0 Å². The van der Waals surface area contributed by atoms with Gasteiger partial charge in [-0.3, -0.25) is 9.59 Å². The molecule has 9 nitrogen and oxygen atoms in total. The first-order valence-electron chi connectivity index (χ1n) is 10.8. The van der Waals surface area contributed by atoms with Gasteiger partial charge in [0.05, 0.1) is 25.2 Å². The normalized spacial score (nSPS) is 19.5. The predicted octanol–water partition coefficient (Wildman–Crippen LogP) is 1.50. The van der Waals surface area contributed by atoms with Gasteiger partial charge in [-0.05, 0) is 48.5 Å². The molecule has 2 aliphatic rings. The summed E-state index contributed by atoms with van der Waals surface area (Å²) in [7, 11) is -2.01. The molecule has 2 heterocycles. The number of benzene rings is 2. The Morgan fingerprint density at radius 1 is 1.09 bits per heavy atom. The van der Waals surface area contributed by atoms with Crippen molar-refractivity contribution in [1.82, 2.24) is 9.62 Å². The third-order valence-electron chi connectivity index (χ3n) is 5.86. The Hall–Kier alpha value is -2.95. The molecule has 1 N–H and O–H groups in total. The van der Waals surface area contributed by atoms with E-state index in [1.807, 2.05) is 12.1 Å². The fourth-order valence-corrected chi connectivity index (χ4v) is 5.39. The Labute approximate surface area is 193 Å². The van der Waals surface area contributed by atoms with Crippen molar-refractivity contribution in [2.24, 2.45) is 5.92 Å². The Morgan fingerprint density at radius 2 is 1.76 bits per heavy atom. The number of anilines is 1. The lowest BCUT2D eigenvalue weighted by molar-refractivity contribution is -0.117. The minimum Gasteiger partial charge on any atom is -0.497 e. The predicted molar refractivity (Wildman–Crippen MR) is 122 cm³/mol. The van der Waals surface area contributed by atoms with E-state index in [1.165, 1.54) is 28.6 Å². The molecule has 1 unspecified atom stereocenters. The van der Waals surface area contributed by atoms with Crippen molar-refractivity contribution in [3.8, 4) is 5.75 Å². The minimum absolute atomic E-state index is 0.00970. The second-order valence-corrected chi connectivity index (χ2v) is 9.96. The average Bonchev–Trinajstić information content (AvgIpc) is 3.23. The van der Waals surface area contributed by atoms with Gasteiger partial charge in [0.2, 0.25) is 15.9 Å². The van der Waals surface area contributed by atoms with Crippen LogP contribution in [0.2, 0.25) is 0 Å². The summed E-state index contributed by atoms with van der Waals surface area (Å²) in [6.07, 6.45) is 0.350. The van der Waals surface area contributed by atoms with Crippen molar-refractivity contribution < 1.29 is 27.5 Å². The first-order valence-corrected chi connectivity index (χ1v) is 12.2. The molecular formula is C23H27N3O6S. The van der Waals surface area contributed by atoms with Crippen molar-refractivity contribution in [3.63, 3.8) is 0 Å². The smallest absolute Gasteiger partial charge is 0.251 e. The summed E-state index contributed by atoms with van der Waals surface area (Å²) in [5, 5.41) is 2.86. The van der Waals surface area contributed by atoms with Crippen LogP contribution in [0.25, 0.3) is 0 Å². The molecule has 4 rings (SSSR count). The summed E-state index contributed by atoms with van der Waals surface area (Å²) in [5.41, 5.74) is 1.17. The number of nitrogens with zero attached hydrogens (tertiary/aromatic N) is 2. The number of morpholine rings is 1. The van der Waals surface area contributed by atoms with Crippen LogP contribution in [-0.2, 0) is 19.6 Å². The number of ether oxygens (including phenoxy) is 2. The van der Waals surface area contributed by atoms with Crippen LogP contribution in [0.1, 0.15) is 16.8 Å². The highest BCUT2D eigenvalue weighted by molar-refractivity contribution is 7.89. The minimum atomic E-state index is -3.60. The summed E-state index contributed by atoms with van der Waals surface area (Å²) >= 11 is 0. The molecule has 33 heavy (non-hydrogen) atoms. The summed E-state index contributed by atoms with van der Waals surface area (Å²) < 4.78 is 37.2. The van der Waals surface area contributed by atoms with Crippen molar-refractivity contribution in [3.05, 3.63) is 54.1 Å². The van der Waals surface area contributed by atoms with E-state index in [2.05, 4.69) is 5.32 Å². The summed E-state index contributed by atoms with van der Waals surface area (Å²) in [6.45, 7) is 2.25. The Kier molecular flexibility index (Phi) is 6.96. The van der Waals surface area contributed by atoms with Crippen LogP contribution in [0, 0.1) is 5.92 Å². The maximum atomic E-state index is 12.7. The topological polar surface area (TPSA) is 105 Å². The molecule has 10 heteroatoms. The summed E-state index contributed by atoms with van der Waals surface area (Å²) in [5.74, 6) is 0.417. The third-order valence-corrected chi connectivity index (χ3v) is 7.78. The number of hydrogen-bond acceptors (Lipinski definition) is 6. The van der Waals surface area contributed by atoms with Gasteiger partial charge in [0.1, 0.15) is 5.75 Å². The lowest BCUT2D eigenvalue weighted by Gasteiger charge is -2.26. The zero-order chi connectivity index (χ0) is 23.4. The van der Waals surface area contributed by atoms with Gasteiger partial charge in [-0.25, -0.2) is 8.42 Å². The van der Waals surface area contributed by atoms with Gasteiger partial charge in [0, 0.05) is 49.8 Å². The van der Waals surface area contributed by atoms with Crippen molar-refractivity contribution in [2.75, 3.05) is 51.4 Å². The molecule has 2 fully saturated rings. The zero-order valence-corrected chi connectivity index (χ0v) is 19.2. The molecule has 0 bridgehead atoms. The molecule has 2 aliphatic heterocycles. The molecule has 2 aromatic rings. The van der Waals surface area contributed by atoms with Crippen LogP contribution in [0.3, 0.4) is 0 Å². The fourth-order valence-electron chi connectivity index (χ4n) is 3.98. The molecule has 176 valence electrons. The molecule has 2 amide bonds. The molecule has 0 spiro atoms. The van der Waals surface area contributed by atoms with Gasteiger partial charge in [-0.2, -0.15) is 4.31 Å². The average molecular weight is 474 g/mol. The van der Waals surface area contributed by atoms with E-state index in [0.717, 1.165) is 11.4 Å². The number of sulfonamides is 1. The van der Waals surface area contributed by atoms with E-state index in [4.69, 9.17) is 9.47 Å². The highest BCUT2D eigenvalue weighted by Gasteiger charge is 2.31. The van der Waals surface area contributed by atoms with Crippen LogP contribution in [0.15, 0.2) is 53.4 Å². The standard InChI is InChI=1S/C23H27N3O6S/c1-31-20-6-4-19(5-7-20)26-16-17(14-22(26)27)15-24-23(28)18-2-8-21(9-3-18)33(29,30)25-10-12-32-13-11-25/h2-9,17H,10-16H2,1H3,(H,24,28). The number of carbonyl (C=O) groups is 2. The molecular weight excluding hydrogens is 446 g/mol. The van der Waals surface area contributed by atoms with Crippen LogP contribution in [0.5, 0.6) is 5.75 Å². The number of hydrogen-bond donors (Lipinski definition) is 1. The van der Waals surface area contributed by atoms with E-state index in [-0.39, 0.29) is 22.6 Å². The largest absolute Gasteiger partial charge is 0.497 e. The SMILES string of the molecule is COc1ccc(N2CC(CNC(=O)c3ccc(S(=O)(=O)N4CCOCC4)cc3)CC2=O)cc1. The molecule has 2 saturated heterocycles. The lowest BCUT2D eigenvalue weighted by Crippen LogP contribution is -2.40. The Morgan fingerprint density at radius 3 is 2.39 bits per heavy atom. The van der Waals surface area contributed by atoms with Crippen LogP contribution in [-0.4, -0.2) is 71.0 Å². The number of nitrogens with one attached hydrogen (secondary N) is 1. The van der Waals surface area contributed by atoms with Crippen LogP contribution in [0.4, 0.5) is 5.69 Å². The summed E-state index contributed by atoms with van der Waals surface area (Å²) in [6, 6.07) is 13.2. The first-order chi connectivity index (χ1) is 15.9. The number of methoxy groups -OCH3 is 1. The van der Waals surface area contributed by atoms with Crippen LogP contribution >= 0.6 is 0 Å². The molecule has 0 aromatic heterocycles. The van der Waals surface area contributed by atoms with Gasteiger partial charge >= 0.3 is 0 Å². The fraction of sp³-hybridized carbons (Fsp3) is 0.391. The number of carbonyl (C=O) groups excluding carboxylic acids is 2. The van der Waals surface area contributed by atoms with Crippen molar-refractivity contribution in [1.29, 1.82) is 0 Å². The maximum absolute atomic E-state index is 12.7. The van der Waals surface area contributed by atoms with Crippen molar-refractivity contribution in [2.45, 2.75) is 11.3 Å². The zero-order valence-electron chi connectivity index (χ0n) is 18.4. The highest BCUT2D eigenvalue weighted by atomic mass is 32.2. The third kappa shape index (κ3) is 5.18. The molecule has 1 atom stereocenters. The lowest BCUT2D eigenvalue weighted by atomic mass is 10.1. The van der Waals surface area contributed by atoms with Gasteiger partial charge < -0.3 is 19.7 Å².